The molecule has 0 radical (unpaired) electrons. The largest absolute Gasteiger partial charge is 0.495 e. The standard InChI is InChI=1S/C28H33N5O2/c1-18-16-33(17-19(2)35-18)22-11-9-20(10-12-22)25-15-29-26-23(7-6-8-24(26)27(25)34-5)21-13-30-28(31-14-21)32(3)4/h6-13,15,18-19H,14,16-17H2,1-5H3,(H,30,31)/t18-,19?/m1/s1. The molecule has 5 rings (SSSR count). The van der Waals surface area contributed by atoms with Gasteiger partial charge in [-0.3, -0.25) is 4.98 Å². The highest BCUT2D eigenvalue weighted by Gasteiger charge is 2.23. The Morgan fingerprint density at radius 1 is 1.03 bits per heavy atom. The lowest BCUT2D eigenvalue weighted by molar-refractivity contribution is -0.00521. The SMILES string of the molecule is COc1c(-c2ccc(N3CC(C)O[C@H](C)C3)cc2)cnc2c(C3=CN=C(N(C)C)NC3)cccc12. The minimum absolute atomic E-state index is 0.229. The van der Waals surface area contributed by atoms with E-state index in [1.165, 1.54) is 5.69 Å². The van der Waals surface area contributed by atoms with Gasteiger partial charge in [0.25, 0.3) is 0 Å². The van der Waals surface area contributed by atoms with E-state index in [1.54, 1.807) is 7.11 Å². The summed E-state index contributed by atoms with van der Waals surface area (Å²) in [6, 6.07) is 14.9. The Bertz CT molecular complexity index is 1270. The first-order valence-electron chi connectivity index (χ1n) is 12.1. The highest BCUT2D eigenvalue weighted by molar-refractivity contribution is 5.99. The number of ether oxygens (including phenoxy) is 2. The van der Waals surface area contributed by atoms with E-state index in [2.05, 4.69) is 71.5 Å². The maximum atomic E-state index is 5.94. The highest BCUT2D eigenvalue weighted by atomic mass is 16.5. The number of methoxy groups -OCH3 is 1. The second-order valence-corrected chi connectivity index (χ2v) is 9.47. The number of aromatic nitrogens is 1. The number of hydrogen-bond acceptors (Lipinski definition) is 7. The van der Waals surface area contributed by atoms with Gasteiger partial charge in [0, 0.05) is 68.3 Å². The van der Waals surface area contributed by atoms with Crippen molar-refractivity contribution in [3.63, 3.8) is 0 Å². The number of pyridine rings is 1. The summed E-state index contributed by atoms with van der Waals surface area (Å²) in [6.07, 6.45) is 4.30. The quantitative estimate of drug-likeness (QED) is 0.609. The predicted octanol–water partition coefficient (Wildman–Crippen LogP) is 4.39. The van der Waals surface area contributed by atoms with Gasteiger partial charge >= 0.3 is 0 Å². The Hall–Kier alpha value is -3.58. The molecule has 0 aliphatic carbocycles. The molecule has 1 unspecified atom stereocenters. The molecule has 0 bridgehead atoms. The monoisotopic (exact) mass is 471 g/mol. The number of fused-ring (bicyclic) bond motifs is 1. The molecule has 3 heterocycles. The summed E-state index contributed by atoms with van der Waals surface area (Å²) >= 11 is 0. The third-order valence-corrected chi connectivity index (χ3v) is 6.56. The molecule has 0 spiro atoms. The summed E-state index contributed by atoms with van der Waals surface area (Å²) in [7, 11) is 5.68. The zero-order chi connectivity index (χ0) is 24.5. The van der Waals surface area contributed by atoms with Gasteiger partial charge in [-0.25, -0.2) is 4.99 Å². The van der Waals surface area contributed by atoms with E-state index in [0.717, 1.165) is 58.0 Å². The number of rotatable bonds is 4. The van der Waals surface area contributed by atoms with Crippen LogP contribution in [0.5, 0.6) is 5.75 Å². The van der Waals surface area contributed by atoms with Crippen molar-refractivity contribution in [3.05, 3.63) is 60.4 Å². The van der Waals surface area contributed by atoms with Crippen molar-refractivity contribution in [2.45, 2.75) is 26.1 Å². The van der Waals surface area contributed by atoms with Gasteiger partial charge in [-0.15, -0.1) is 0 Å². The molecule has 7 nitrogen and oxygen atoms in total. The molecule has 2 aliphatic rings. The summed E-state index contributed by atoms with van der Waals surface area (Å²) in [6.45, 7) is 6.76. The molecular formula is C28H33N5O2. The number of aliphatic imine (C=N–C) groups is 1. The van der Waals surface area contributed by atoms with Gasteiger partial charge in [0.2, 0.25) is 0 Å². The lowest BCUT2D eigenvalue weighted by atomic mass is 9.98. The highest BCUT2D eigenvalue weighted by Crippen LogP contribution is 2.38. The number of benzene rings is 2. The van der Waals surface area contributed by atoms with Crippen LogP contribution in [-0.4, -0.2) is 68.9 Å². The Labute approximate surface area is 207 Å². The molecule has 35 heavy (non-hydrogen) atoms. The van der Waals surface area contributed by atoms with Crippen molar-refractivity contribution < 1.29 is 9.47 Å². The number of para-hydroxylation sites is 1. The number of morpholine rings is 1. The fourth-order valence-electron chi connectivity index (χ4n) is 4.97. The van der Waals surface area contributed by atoms with E-state index in [9.17, 15) is 0 Å². The zero-order valence-electron chi connectivity index (χ0n) is 21.1. The number of guanidine groups is 1. The van der Waals surface area contributed by atoms with E-state index in [-0.39, 0.29) is 12.2 Å². The van der Waals surface area contributed by atoms with Gasteiger partial charge in [-0.2, -0.15) is 0 Å². The van der Waals surface area contributed by atoms with E-state index < -0.39 is 0 Å². The second-order valence-electron chi connectivity index (χ2n) is 9.47. The smallest absolute Gasteiger partial charge is 0.198 e. The fraction of sp³-hybridized carbons (Fsp3) is 0.357. The summed E-state index contributed by atoms with van der Waals surface area (Å²) < 4.78 is 11.8. The summed E-state index contributed by atoms with van der Waals surface area (Å²) in [5, 5.41) is 4.36. The van der Waals surface area contributed by atoms with E-state index >= 15 is 0 Å². The molecule has 3 aromatic rings. The lowest BCUT2D eigenvalue weighted by Crippen LogP contribution is -2.45. The number of anilines is 1. The molecule has 1 saturated heterocycles. The Morgan fingerprint density at radius 2 is 1.77 bits per heavy atom. The minimum Gasteiger partial charge on any atom is -0.495 e. The number of nitrogens with zero attached hydrogens (tertiary/aromatic N) is 4. The Morgan fingerprint density at radius 3 is 2.40 bits per heavy atom. The lowest BCUT2D eigenvalue weighted by Gasteiger charge is -2.36. The van der Waals surface area contributed by atoms with Gasteiger partial charge < -0.3 is 24.6 Å². The van der Waals surface area contributed by atoms with E-state index in [0.29, 0.717) is 6.54 Å². The fourth-order valence-corrected chi connectivity index (χ4v) is 4.97. The van der Waals surface area contributed by atoms with E-state index in [1.807, 2.05) is 31.4 Å². The van der Waals surface area contributed by atoms with Gasteiger partial charge in [0.1, 0.15) is 5.75 Å². The van der Waals surface area contributed by atoms with Crippen LogP contribution < -0.4 is 15.0 Å². The maximum Gasteiger partial charge on any atom is 0.198 e. The number of nitrogens with one attached hydrogen (secondary N) is 1. The van der Waals surface area contributed by atoms with Crippen LogP contribution in [0.15, 0.2) is 59.9 Å². The van der Waals surface area contributed by atoms with Crippen LogP contribution in [-0.2, 0) is 4.74 Å². The molecule has 2 aliphatic heterocycles. The van der Waals surface area contributed by atoms with Crippen LogP contribution >= 0.6 is 0 Å². The Kier molecular flexibility index (Phi) is 6.34. The zero-order valence-corrected chi connectivity index (χ0v) is 21.1. The van der Waals surface area contributed by atoms with Crippen LogP contribution in [0.25, 0.3) is 27.6 Å². The van der Waals surface area contributed by atoms with Gasteiger partial charge in [0.05, 0.1) is 24.8 Å². The molecule has 182 valence electrons. The molecule has 7 heteroatoms. The van der Waals surface area contributed by atoms with Crippen LogP contribution in [0.4, 0.5) is 5.69 Å². The first kappa shape index (κ1) is 23.2. The molecule has 1 aromatic heterocycles. The molecule has 0 saturated carbocycles. The van der Waals surface area contributed by atoms with Crippen molar-refractivity contribution >= 4 is 28.1 Å². The molecule has 2 atom stereocenters. The van der Waals surface area contributed by atoms with Crippen molar-refractivity contribution in [1.82, 2.24) is 15.2 Å². The second kappa shape index (κ2) is 9.58. The minimum atomic E-state index is 0.229. The molecular weight excluding hydrogens is 438 g/mol. The average Bonchev–Trinajstić information content (AvgIpc) is 2.87. The predicted molar refractivity (Wildman–Crippen MR) is 143 cm³/mol. The Balaban J connectivity index is 1.49. The van der Waals surface area contributed by atoms with Crippen LogP contribution in [0.2, 0.25) is 0 Å². The van der Waals surface area contributed by atoms with Crippen LogP contribution in [0.1, 0.15) is 19.4 Å². The van der Waals surface area contributed by atoms with Crippen LogP contribution in [0, 0.1) is 0 Å². The maximum absolute atomic E-state index is 5.94. The summed E-state index contributed by atoms with van der Waals surface area (Å²) in [5.74, 6) is 1.69. The van der Waals surface area contributed by atoms with Gasteiger partial charge in [-0.1, -0.05) is 24.3 Å². The van der Waals surface area contributed by atoms with Crippen molar-refractivity contribution in [2.24, 2.45) is 4.99 Å². The average molecular weight is 472 g/mol. The summed E-state index contributed by atoms with van der Waals surface area (Å²) in [4.78, 5) is 13.8. The molecule has 1 fully saturated rings. The number of hydrogen-bond donors (Lipinski definition) is 1. The van der Waals surface area contributed by atoms with Crippen molar-refractivity contribution in [1.29, 1.82) is 0 Å². The van der Waals surface area contributed by atoms with Crippen molar-refractivity contribution in [3.8, 4) is 16.9 Å². The topological polar surface area (TPSA) is 62.2 Å². The molecule has 1 N–H and O–H groups in total. The van der Waals surface area contributed by atoms with Crippen LogP contribution in [0.3, 0.4) is 0 Å². The molecule has 0 amide bonds. The van der Waals surface area contributed by atoms with E-state index in [4.69, 9.17) is 14.5 Å². The molecule has 2 aromatic carbocycles. The third kappa shape index (κ3) is 4.56. The summed E-state index contributed by atoms with van der Waals surface area (Å²) in [5.41, 5.74) is 6.35. The van der Waals surface area contributed by atoms with Gasteiger partial charge in [0.15, 0.2) is 5.96 Å². The first-order chi connectivity index (χ1) is 16.9. The third-order valence-electron chi connectivity index (χ3n) is 6.56. The van der Waals surface area contributed by atoms with Crippen molar-refractivity contribution in [2.75, 3.05) is 45.7 Å². The first-order valence-corrected chi connectivity index (χ1v) is 12.1. The normalized spacial score (nSPS) is 20.2. The van der Waals surface area contributed by atoms with Gasteiger partial charge in [-0.05, 0) is 43.2 Å².